The number of nitrogens with one attached hydrogen (secondary N) is 1. The first-order valence-electron chi connectivity index (χ1n) is 10.7. The molecule has 0 spiro atoms. The fourth-order valence-electron chi connectivity index (χ4n) is 4.40. The molecule has 4 aromatic rings. The molecule has 170 valence electrons. The number of nitrogens with zero attached hydrogens (tertiary/aromatic N) is 3. The molecule has 1 unspecified atom stereocenters. The second-order valence-electron chi connectivity index (χ2n) is 8.13. The normalized spacial score (nSPS) is 16.9. The van der Waals surface area contributed by atoms with Crippen molar-refractivity contribution >= 4 is 33.8 Å². The summed E-state index contributed by atoms with van der Waals surface area (Å²) in [7, 11) is 0. The van der Waals surface area contributed by atoms with E-state index in [0.717, 1.165) is 17.9 Å². The maximum Gasteiger partial charge on any atom is 0.416 e. The van der Waals surface area contributed by atoms with E-state index in [1.54, 1.807) is 0 Å². The zero-order valence-corrected chi connectivity index (χ0v) is 17.6. The van der Waals surface area contributed by atoms with Crippen molar-refractivity contribution in [3.63, 3.8) is 0 Å². The molecule has 1 aliphatic rings. The topological polar surface area (TPSA) is 71.3 Å². The van der Waals surface area contributed by atoms with Crippen LogP contribution < -0.4 is 10.2 Å². The van der Waals surface area contributed by atoms with E-state index in [2.05, 4.69) is 15.3 Å². The molecule has 2 aromatic heterocycles. The molecule has 1 N–H and O–H groups in total. The zero-order chi connectivity index (χ0) is 23.0. The standard InChI is InChI=1S/C24H21F3N4O2/c25-24(26,27)18-9-3-1-6-15(18)12-28-23(32)16-7-5-11-31(13-16)22-21-20(29-14-30-22)17-8-2-4-10-19(17)33-21/h1-4,6,8-10,14,16H,5,7,11-13H2,(H,28,32). The highest BCUT2D eigenvalue weighted by atomic mass is 19.4. The van der Waals surface area contributed by atoms with Gasteiger partial charge in [-0.25, -0.2) is 9.97 Å². The Bertz CT molecular complexity index is 1320. The number of aromatic nitrogens is 2. The molecule has 0 bridgehead atoms. The van der Waals surface area contributed by atoms with Crippen LogP contribution in [0.2, 0.25) is 0 Å². The molecule has 1 amide bonds. The van der Waals surface area contributed by atoms with Crippen molar-refractivity contribution in [2.75, 3.05) is 18.0 Å². The summed E-state index contributed by atoms with van der Waals surface area (Å²) >= 11 is 0. The largest absolute Gasteiger partial charge is 0.450 e. The van der Waals surface area contributed by atoms with E-state index in [1.807, 2.05) is 29.2 Å². The number of hydrogen-bond donors (Lipinski definition) is 1. The highest BCUT2D eigenvalue weighted by molar-refractivity contribution is 6.05. The van der Waals surface area contributed by atoms with Crippen LogP contribution in [0.1, 0.15) is 24.0 Å². The van der Waals surface area contributed by atoms with Crippen molar-refractivity contribution in [3.8, 4) is 0 Å². The Morgan fingerprint density at radius 1 is 1.12 bits per heavy atom. The number of carbonyl (C=O) groups is 1. The zero-order valence-electron chi connectivity index (χ0n) is 17.6. The quantitative estimate of drug-likeness (QED) is 0.474. The van der Waals surface area contributed by atoms with E-state index in [9.17, 15) is 18.0 Å². The number of fused-ring (bicyclic) bond motifs is 3. The lowest BCUT2D eigenvalue weighted by atomic mass is 9.96. The maximum atomic E-state index is 13.2. The van der Waals surface area contributed by atoms with E-state index < -0.39 is 11.7 Å². The van der Waals surface area contributed by atoms with Gasteiger partial charge in [-0.15, -0.1) is 0 Å². The first kappa shape index (κ1) is 21.2. The monoisotopic (exact) mass is 454 g/mol. The van der Waals surface area contributed by atoms with Gasteiger partial charge in [-0.05, 0) is 36.6 Å². The van der Waals surface area contributed by atoms with Crippen LogP contribution in [-0.4, -0.2) is 29.0 Å². The molecule has 33 heavy (non-hydrogen) atoms. The van der Waals surface area contributed by atoms with Crippen molar-refractivity contribution in [2.45, 2.75) is 25.6 Å². The summed E-state index contributed by atoms with van der Waals surface area (Å²) < 4.78 is 45.7. The van der Waals surface area contributed by atoms with Crippen molar-refractivity contribution in [1.29, 1.82) is 0 Å². The number of amides is 1. The number of anilines is 1. The average molecular weight is 454 g/mol. The van der Waals surface area contributed by atoms with Crippen LogP contribution in [0.4, 0.5) is 19.0 Å². The molecule has 1 fully saturated rings. The predicted octanol–water partition coefficient (Wildman–Crippen LogP) is 4.93. The predicted molar refractivity (Wildman–Crippen MR) is 118 cm³/mol. The molecular formula is C24H21F3N4O2. The minimum Gasteiger partial charge on any atom is -0.450 e. The number of benzene rings is 2. The fourth-order valence-corrected chi connectivity index (χ4v) is 4.40. The molecule has 0 saturated carbocycles. The van der Waals surface area contributed by atoms with E-state index in [4.69, 9.17) is 4.42 Å². The molecule has 1 saturated heterocycles. The van der Waals surface area contributed by atoms with E-state index >= 15 is 0 Å². The van der Waals surface area contributed by atoms with Crippen molar-refractivity contribution in [1.82, 2.24) is 15.3 Å². The molecule has 1 atom stereocenters. The van der Waals surface area contributed by atoms with Crippen molar-refractivity contribution < 1.29 is 22.4 Å². The molecule has 9 heteroatoms. The van der Waals surface area contributed by atoms with Crippen molar-refractivity contribution in [3.05, 3.63) is 66.0 Å². The summed E-state index contributed by atoms with van der Waals surface area (Å²) in [6.07, 6.45) is -1.58. The summed E-state index contributed by atoms with van der Waals surface area (Å²) in [4.78, 5) is 23.6. The fraction of sp³-hybridized carbons (Fsp3) is 0.292. The third kappa shape index (κ3) is 4.10. The minimum absolute atomic E-state index is 0.0470. The number of hydrogen-bond acceptors (Lipinski definition) is 5. The highest BCUT2D eigenvalue weighted by Gasteiger charge is 2.33. The molecule has 6 nitrogen and oxygen atoms in total. The summed E-state index contributed by atoms with van der Waals surface area (Å²) in [5.74, 6) is -0.0195. The van der Waals surface area contributed by atoms with Gasteiger partial charge in [-0.2, -0.15) is 13.2 Å². The van der Waals surface area contributed by atoms with Crippen LogP contribution in [0.3, 0.4) is 0 Å². The number of halogens is 3. The Kier molecular flexibility index (Phi) is 5.39. The summed E-state index contributed by atoms with van der Waals surface area (Å²) in [5.41, 5.74) is 1.31. The Balaban J connectivity index is 1.33. The number of alkyl halides is 3. The number of carbonyl (C=O) groups excluding carboxylic acids is 1. The Hall–Kier alpha value is -3.62. The Labute approximate surface area is 187 Å². The number of para-hydroxylation sites is 1. The molecule has 0 aliphatic carbocycles. The summed E-state index contributed by atoms with van der Waals surface area (Å²) in [5, 5.41) is 3.58. The van der Waals surface area contributed by atoms with Gasteiger partial charge >= 0.3 is 6.18 Å². The van der Waals surface area contributed by atoms with Gasteiger partial charge in [0.25, 0.3) is 0 Å². The minimum atomic E-state index is -4.46. The van der Waals surface area contributed by atoms with Gasteiger partial charge in [-0.3, -0.25) is 4.79 Å². The smallest absolute Gasteiger partial charge is 0.416 e. The van der Waals surface area contributed by atoms with Crippen LogP contribution in [0.25, 0.3) is 22.1 Å². The van der Waals surface area contributed by atoms with Crippen LogP contribution >= 0.6 is 0 Å². The lowest BCUT2D eigenvalue weighted by Gasteiger charge is -2.32. The van der Waals surface area contributed by atoms with Gasteiger partial charge in [0, 0.05) is 25.0 Å². The van der Waals surface area contributed by atoms with Gasteiger partial charge < -0.3 is 14.6 Å². The van der Waals surface area contributed by atoms with Gasteiger partial charge in [-0.1, -0.05) is 30.3 Å². The molecule has 3 heterocycles. The van der Waals surface area contributed by atoms with Crippen molar-refractivity contribution in [2.24, 2.45) is 5.92 Å². The maximum absolute atomic E-state index is 13.2. The van der Waals surface area contributed by atoms with Gasteiger partial charge in [0.05, 0.1) is 11.5 Å². The summed E-state index contributed by atoms with van der Waals surface area (Å²) in [6, 6.07) is 12.9. The first-order chi connectivity index (χ1) is 15.9. The number of furan rings is 1. The summed E-state index contributed by atoms with van der Waals surface area (Å²) in [6.45, 7) is 0.923. The second kappa shape index (κ2) is 8.38. The van der Waals surface area contributed by atoms with E-state index in [0.29, 0.717) is 42.0 Å². The van der Waals surface area contributed by atoms with Crippen LogP contribution in [0.15, 0.2) is 59.3 Å². The van der Waals surface area contributed by atoms with E-state index in [-0.39, 0.29) is 23.9 Å². The first-order valence-corrected chi connectivity index (χ1v) is 10.7. The Morgan fingerprint density at radius 2 is 1.91 bits per heavy atom. The third-order valence-electron chi connectivity index (χ3n) is 6.01. The molecular weight excluding hydrogens is 433 g/mol. The molecule has 2 aromatic carbocycles. The molecule has 1 aliphatic heterocycles. The Morgan fingerprint density at radius 3 is 2.76 bits per heavy atom. The number of rotatable bonds is 4. The SMILES string of the molecule is O=C(NCc1ccccc1C(F)(F)F)C1CCCN(c2ncnc3c2oc2ccccc23)C1. The van der Waals surface area contributed by atoms with E-state index in [1.165, 1.54) is 24.5 Å². The lowest BCUT2D eigenvalue weighted by molar-refractivity contribution is -0.138. The van der Waals surface area contributed by atoms with Gasteiger partial charge in [0.15, 0.2) is 11.4 Å². The third-order valence-corrected chi connectivity index (χ3v) is 6.01. The van der Waals surface area contributed by atoms with Crippen LogP contribution in [0, 0.1) is 5.92 Å². The second-order valence-corrected chi connectivity index (χ2v) is 8.13. The number of piperidine rings is 1. The molecule has 0 radical (unpaired) electrons. The van der Waals surface area contributed by atoms with Crippen LogP contribution in [-0.2, 0) is 17.5 Å². The van der Waals surface area contributed by atoms with Crippen LogP contribution in [0.5, 0.6) is 0 Å². The molecule has 5 rings (SSSR count). The highest BCUT2D eigenvalue weighted by Crippen LogP contribution is 2.34. The van der Waals surface area contributed by atoms with Gasteiger partial charge in [0.1, 0.15) is 17.4 Å². The average Bonchev–Trinajstić information content (AvgIpc) is 3.21. The van der Waals surface area contributed by atoms with Gasteiger partial charge in [0.2, 0.25) is 5.91 Å². The lowest BCUT2D eigenvalue weighted by Crippen LogP contribution is -2.43.